The minimum atomic E-state index is 0.551. The van der Waals surface area contributed by atoms with Crippen molar-refractivity contribution in [2.75, 3.05) is 0 Å². The van der Waals surface area contributed by atoms with E-state index in [0.29, 0.717) is 5.84 Å². The van der Waals surface area contributed by atoms with Crippen LogP contribution in [0, 0.1) is 0 Å². The molecule has 1 rings (SSSR count). The van der Waals surface area contributed by atoms with Crippen LogP contribution in [-0.4, -0.2) is 22.1 Å². The Labute approximate surface area is 90.1 Å². The van der Waals surface area contributed by atoms with Crippen LogP contribution in [-0.2, 0) is 7.05 Å². The van der Waals surface area contributed by atoms with Crippen LogP contribution in [0.5, 0.6) is 0 Å². The van der Waals surface area contributed by atoms with Gasteiger partial charge >= 0.3 is 0 Å². The Hall–Kier alpha value is -1.71. The maximum absolute atomic E-state index is 4.26. The average molecular weight is 204 g/mol. The summed E-state index contributed by atoms with van der Waals surface area (Å²) in [6.45, 7) is 7.62. The molecule has 4 heteroatoms. The molecule has 0 aromatic carbocycles. The molecule has 0 saturated heterocycles. The summed E-state index contributed by atoms with van der Waals surface area (Å²) in [6, 6.07) is 0. The predicted octanol–water partition coefficient (Wildman–Crippen LogP) is 2.18. The maximum atomic E-state index is 4.26. The van der Waals surface area contributed by atoms with Gasteiger partial charge < -0.3 is 4.57 Å². The molecular weight excluding hydrogens is 188 g/mol. The molecule has 0 saturated carbocycles. The first-order valence-electron chi connectivity index (χ1n) is 4.87. The first kappa shape index (κ1) is 11.4. The lowest BCUT2D eigenvalue weighted by atomic mass is 10.3. The van der Waals surface area contributed by atoms with E-state index in [9.17, 15) is 0 Å². The van der Waals surface area contributed by atoms with Gasteiger partial charge in [0.2, 0.25) is 0 Å². The third-order valence-electron chi connectivity index (χ3n) is 2.14. The number of amidine groups is 1. The summed E-state index contributed by atoms with van der Waals surface area (Å²) in [6.07, 6.45) is 6.35. The van der Waals surface area contributed by atoms with E-state index in [1.807, 2.05) is 24.7 Å². The van der Waals surface area contributed by atoms with Gasteiger partial charge in [0.25, 0.3) is 0 Å². The Balaban J connectivity index is 3.00. The Bertz CT molecular complexity index is 398. The number of aryl methyl sites for hydroxylation is 1. The minimum absolute atomic E-state index is 0.551. The van der Waals surface area contributed by atoms with Crippen molar-refractivity contribution in [3.63, 3.8) is 0 Å². The number of aliphatic imine (C=N–C) groups is 2. The molecule has 1 aromatic heterocycles. The molecule has 0 aliphatic carbocycles. The van der Waals surface area contributed by atoms with Gasteiger partial charge in [0.1, 0.15) is 0 Å². The van der Waals surface area contributed by atoms with Gasteiger partial charge in [0.15, 0.2) is 11.7 Å². The zero-order valence-corrected chi connectivity index (χ0v) is 9.44. The molecule has 0 N–H and O–H groups in total. The average Bonchev–Trinajstić information content (AvgIpc) is 2.65. The largest absolute Gasteiger partial charge is 0.331 e. The Morgan fingerprint density at radius 1 is 1.67 bits per heavy atom. The molecular formula is C11H16N4. The first-order chi connectivity index (χ1) is 7.19. The van der Waals surface area contributed by atoms with Crippen molar-refractivity contribution >= 4 is 12.6 Å². The van der Waals surface area contributed by atoms with E-state index in [1.165, 1.54) is 5.57 Å². The summed E-state index contributed by atoms with van der Waals surface area (Å²) in [7, 11) is 1.90. The maximum Gasteiger partial charge on any atom is 0.195 e. The Kier molecular flexibility index (Phi) is 3.97. The molecule has 0 spiro atoms. The second-order valence-corrected chi connectivity index (χ2v) is 3.30. The Morgan fingerprint density at radius 2 is 2.40 bits per heavy atom. The van der Waals surface area contributed by atoms with Gasteiger partial charge in [-0.3, -0.25) is 0 Å². The van der Waals surface area contributed by atoms with Crippen LogP contribution in [0.4, 0.5) is 0 Å². The summed E-state index contributed by atoms with van der Waals surface area (Å²) >= 11 is 0. The van der Waals surface area contributed by atoms with Crippen LogP contribution in [0.2, 0.25) is 0 Å². The fourth-order valence-electron chi connectivity index (χ4n) is 1.01. The second-order valence-electron chi connectivity index (χ2n) is 3.30. The van der Waals surface area contributed by atoms with Crippen LogP contribution in [0.1, 0.15) is 26.1 Å². The molecule has 0 radical (unpaired) electrons. The topological polar surface area (TPSA) is 42.5 Å². The summed E-state index contributed by atoms with van der Waals surface area (Å²) in [5, 5.41) is 0. The first-order valence-corrected chi connectivity index (χ1v) is 4.87. The molecule has 1 heterocycles. The van der Waals surface area contributed by atoms with E-state index in [2.05, 4.69) is 28.6 Å². The highest BCUT2D eigenvalue weighted by atomic mass is 15.1. The number of imidazole rings is 1. The third-order valence-corrected chi connectivity index (χ3v) is 2.14. The number of hydrogen-bond donors (Lipinski definition) is 0. The molecule has 0 atom stereocenters. The van der Waals surface area contributed by atoms with Crippen LogP contribution >= 0.6 is 0 Å². The van der Waals surface area contributed by atoms with Crippen molar-refractivity contribution < 1.29 is 0 Å². The summed E-state index contributed by atoms with van der Waals surface area (Å²) < 4.78 is 1.86. The van der Waals surface area contributed by atoms with Gasteiger partial charge in [-0.1, -0.05) is 12.5 Å². The zero-order chi connectivity index (χ0) is 11.3. The number of allylic oxidation sites excluding steroid dienone is 1. The fraction of sp³-hybridized carbons (Fsp3) is 0.364. The SMILES string of the molecule is C=NC(=N/C=C(\C)CC)c1nccn1C. The van der Waals surface area contributed by atoms with E-state index in [1.54, 1.807) is 12.4 Å². The molecule has 1 aromatic rings. The predicted molar refractivity (Wildman–Crippen MR) is 63.3 cm³/mol. The van der Waals surface area contributed by atoms with Crippen molar-refractivity contribution in [3.8, 4) is 0 Å². The highest BCUT2D eigenvalue weighted by Crippen LogP contribution is 2.02. The molecule has 15 heavy (non-hydrogen) atoms. The summed E-state index contributed by atoms with van der Waals surface area (Å²) in [5.74, 6) is 1.28. The van der Waals surface area contributed by atoms with Crippen molar-refractivity contribution in [1.82, 2.24) is 9.55 Å². The van der Waals surface area contributed by atoms with E-state index in [4.69, 9.17) is 0 Å². The van der Waals surface area contributed by atoms with Crippen molar-refractivity contribution in [2.45, 2.75) is 20.3 Å². The molecule has 0 bridgehead atoms. The van der Waals surface area contributed by atoms with Gasteiger partial charge in [-0.15, -0.1) is 0 Å². The summed E-state index contributed by atoms with van der Waals surface area (Å²) in [4.78, 5) is 12.3. The summed E-state index contributed by atoms with van der Waals surface area (Å²) in [5.41, 5.74) is 1.20. The lowest BCUT2D eigenvalue weighted by Crippen LogP contribution is -2.05. The van der Waals surface area contributed by atoms with Gasteiger partial charge in [0, 0.05) is 25.6 Å². The van der Waals surface area contributed by atoms with Crippen molar-refractivity contribution in [1.29, 1.82) is 0 Å². The quantitative estimate of drug-likeness (QED) is 0.549. The van der Waals surface area contributed by atoms with Crippen molar-refractivity contribution in [3.05, 3.63) is 30.0 Å². The standard InChI is InChI=1S/C11H16N4/c1-5-9(2)8-14-10(12-3)11-13-6-7-15(11)4/h6-8H,3,5H2,1-2,4H3/b9-8+,14-10?. The highest BCUT2D eigenvalue weighted by molar-refractivity contribution is 5.98. The molecule has 0 unspecified atom stereocenters. The van der Waals surface area contributed by atoms with E-state index in [0.717, 1.165) is 12.2 Å². The van der Waals surface area contributed by atoms with E-state index < -0.39 is 0 Å². The zero-order valence-electron chi connectivity index (χ0n) is 9.44. The lowest BCUT2D eigenvalue weighted by Gasteiger charge is -1.99. The van der Waals surface area contributed by atoms with Crippen LogP contribution in [0.15, 0.2) is 34.2 Å². The number of hydrogen-bond acceptors (Lipinski definition) is 2. The fourth-order valence-corrected chi connectivity index (χ4v) is 1.01. The second kappa shape index (κ2) is 5.24. The smallest absolute Gasteiger partial charge is 0.195 e. The van der Waals surface area contributed by atoms with Crippen LogP contribution in [0.3, 0.4) is 0 Å². The van der Waals surface area contributed by atoms with Gasteiger partial charge in [-0.05, 0) is 20.1 Å². The third kappa shape index (κ3) is 2.87. The van der Waals surface area contributed by atoms with E-state index >= 15 is 0 Å². The van der Waals surface area contributed by atoms with Crippen LogP contribution < -0.4 is 0 Å². The number of rotatable bonds is 3. The highest BCUT2D eigenvalue weighted by Gasteiger charge is 2.04. The minimum Gasteiger partial charge on any atom is -0.331 e. The van der Waals surface area contributed by atoms with Crippen LogP contribution in [0.25, 0.3) is 0 Å². The molecule has 0 fully saturated rings. The lowest BCUT2D eigenvalue weighted by molar-refractivity contribution is 0.894. The number of nitrogens with zero attached hydrogens (tertiary/aromatic N) is 4. The molecule has 0 amide bonds. The van der Waals surface area contributed by atoms with Gasteiger partial charge in [-0.2, -0.15) is 0 Å². The van der Waals surface area contributed by atoms with E-state index in [-0.39, 0.29) is 0 Å². The van der Waals surface area contributed by atoms with Gasteiger partial charge in [-0.25, -0.2) is 15.0 Å². The molecule has 4 nitrogen and oxygen atoms in total. The monoisotopic (exact) mass is 204 g/mol. The van der Waals surface area contributed by atoms with Crippen molar-refractivity contribution in [2.24, 2.45) is 17.0 Å². The molecule has 0 aliphatic heterocycles. The molecule has 80 valence electrons. The molecule has 0 aliphatic rings. The number of aromatic nitrogens is 2. The Morgan fingerprint density at radius 3 is 2.87 bits per heavy atom. The normalized spacial score (nSPS) is 13.0. The van der Waals surface area contributed by atoms with Gasteiger partial charge in [0.05, 0.1) is 0 Å².